The van der Waals surface area contributed by atoms with Crippen LogP contribution in [0.15, 0.2) is 30.5 Å². The van der Waals surface area contributed by atoms with Crippen molar-refractivity contribution in [1.29, 1.82) is 0 Å². The first-order chi connectivity index (χ1) is 17.5. The quantitative estimate of drug-likeness (QED) is 0.526. The van der Waals surface area contributed by atoms with Gasteiger partial charge in [0.1, 0.15) is 11.6 Å². The van der Waals surface area contributed by atoms with Gasteiger partial charge in [-0.2, -0.15) is 0 Å². The van der Waals surface area contributed by atoms with Gasteiger partial charge in [-0.05, 0) is 57.6 Å². The molecule has 1 aromatic heterocycles. The van der Waals surface area contributed by atoms with Crippen molar-refractivity contribution in [2.45, 2.75) is 104 Å². The van der Waals surface area contributed by atoms with Crippen molar-refractivity contribution in [3.05, 3.63) is 36.0 Å². The van der Waals surface area contributed by atoms with Crippen LogP contribution in [0.3, 0.4) is 0 Å². The van der Waals surface area contributed by atoms with Crippen molar-refractivity contribution < 1.29 is 19.1 Å². The summed E-state index contributed by atoms with van der Waals surface area (Å²) in [5, 5.41) is 7.17. The Hall–Kier alpha value is -2.83. The predicted molar refractivity (Wildman–Crippen MR) is 147 cm³/mol. The molecule has 0 spiro atoms. The van der Waals surface area contributed by atoms with E-state index in [9.17, 15) is 14.4 Å². The number of nitrogens with one attached hydrogen (secondary N) is 2. The van der Waals surface area contributed by atoms with E-state index in [0.717, 1.165) is 48.7 Å². The van der Waals surface area contributed by atoms with E-state index in [1.165, 1.54) is 6.42 Å². The highest BCUT2D eigenvalue weighted by molar-refractivity contribution is 5.91. The molecule has 0 radical (unpaired) electrons. The number of amides is 2. The van der Waals surface area contributed by atoms with E-state index >= 15 is 0 Å². The number of aryl methyl sites for hydroxylation is 1. The van der Waals surface area contributed by atoms with Crippen molar-refractivity contribution in [2.75, 3.05) is 6.54 Å². The maximum atomic E-state index is 13.5. The molecular formula is C30H45N3O4. The van der Waals surface area contributed by atoms with Crippen LogP contribution in [-0.2, 0) is 32.1 Å². The summed E-state index contributed by atoms with van der Waals surface area (Å²) in [5.74, 6) is -1.19. The summed E-state index contributed by atoms with van der Waals surface area (Å²) in [5.41, 5.74) is 1.58. The molecule has 204 valence electrons. The third kappa shape index (κ3) is 8.90. The summed E-state index contributed by atoms with van der Waals surface area (Å²) >= 11 is 0. The maximum absolute atomic E-state index is 13.5. The zero-order valence-electron chi connectivity index (χ0n) is 23.3. The van der Waals surface area contributed by atoms with Gasteiger partial charge in [0, 0.05) is 42.5 Å². The minimum Gasteiger partial charge on any atom is -0.460 e. The van der Waals surface area contributed by atoms with Gasteiger partial charge >= 0.3 is 5.97 Å². The van der Waals surface area contributed by atoms with Gasteiger partial charge in [0.25, 0.3) is 0 Å². The Morgan fingerprint density at radius 2 is 1.81 bits per heavy atom. The van der Waals surface area contributed by atoms with E-state index in [2.05, 4.69) is 33.5 Å². The molecule has 2 aromatic rings. The van der Waals surface area contributed by atoms with Crippen LogP contribution < -0.4 is 10.6 Å². The normalized spacial score (nSPS) is 18.6. The zero-order valence-corrected chi connectivity index (χ0v) is 23.3. The van der Waals surface area contributed by atoms with Gasteiger partial charge in [0.15, 0.2) is 0 Å². The number of hydrogen-bond donors (Lipinski definition) is 2. The highest BCUT2D eigenvalue weighted by Crippen LogP contribution is 2.25. The van der Waals surface area contributed by atoms with Crippen LogP contribution in [0.5, 0.6) is 0 Å². The Balaban J connectivity index is 1.85. The summed E-state index contributed by atoms with van der Waals surface area (Å²) in [6.45, 7) is 11.0. The van der Waals surface area contributed by atoms with Crippen LogP contribution in [0, 0.1) is 11.8 Å². The predicted octanol–water partition coefficient (Wildman–Crippen LogP) is 5.14. The second kappa shape index (κ2) is 13.1. The molecule has 0 saturated carbocycles. The molecule has 7 nitrogen and oxygen atoms in total. The fourth-order valence-electron chi connectivity index (χ4n) is 5.10. The van der Waals surface area contributed by atoms with E-state index in [1.807, 2.05) is 46.8 Å². The average Bonchev–Trinajstić information content (AvgIpc) is 3.15. The molecule has 0 aliphatic carbocycles. The molecule has 2 atom stereocenters. The smallest absolute Gasteiger partial charge is 0.307 e. The third-order valence-electron chi connectivity index (χ3n) is 6.76. The third-order valence-corrected chi connectivity index (χ3v) is 6.76. The van der Waals surface area contributed by atoms with Crippen molar-refractivity contribution in [3.63, 3.8) is 0 Å². The first-order valence-corrected chi connectivity index (χ1v) is 13.9. The lowest BCUT2D eigenvalue weighted by atomic mass is 9.92. The zero-order chi connectivity index (χ0) is 27.0. The monoisotopic (exact) mass is 511 g/mol. The largest absolute Gasteiger partial charge is 0.460 e. The van der Waals surface area contributed by atoms with Gasteiger partial charge in [-0.1, -0.05) is 51.3 Å². The molecule has 0 fully saturated rings. The van der Waals surface area contributed by atoms with Crippen LogP contribution in [0.1, 0.15) is 85.1 Å². The van der Waals surface area contributed by atoms with E-state index in [-0.39, 0.29) is 24.2 Å². The Bertz CT molecular complexity index is 1070. The second-order valence-corrected chi connectivity index (χ2v) is 11.8. The first-order valence-electron chi connectivity index (χ1n) is 13.9. The Morgan fingerprint density at radius 1 is 1.11 bits per heavy atom. The van der Waals surface area contributed by atoms with Gasteiger partial charge in [-0.25, -0.2) is 0 Å². The fourth-order valence-corrected chi connectivity index (χ4v) is 5.10. The SMILES string of the molecule is CC(C)CC(CC(=O)OC(C)(C)C)C(=O)N[C@H]1Cc2cn(c3ccccc23)CCCCCCCNC1=O. The number of benzene rings is 1. The molecule has 2 heterocycles. The Kier molecular flexibility index (Phi) is 10.2. The van der Waals surface area contributed by atoms with Crippen molar-refractivity contribution >= 4 is 28.7 Å². The molecular weight excluding hydrogens is 466 g/mol. The fraction of sp³-hybridized carbons (Fsp3) is 0.633. The number of hydrogen-bond acceptors (Lipinski definition) is 4. The Labute approximate surface area is 221 Å². The molecule has 7 heteroatoms. The minimum absolute atomic E-state index is 0.00503. The number of rotatable bonds is 6. The molecule has 1 aliphatic rings. The number of nitrogens with zero attached hydrogens (tertiary/aromatic N) is 1. The molecule has 2 amide bonds. The van der Waals surface area contributed by atoms with Crippen molar-refractivity contribution in [3.8, 4) is 0 Å². The highest BCUT2D eigenvalue weighted by atomic mass is 16.6. The number of para-hydroxylation sites is 1. The van der Waals surface area contributed by atoms with Crippen molar-refractivity contribution in [1.82, 2.24) is 15.2 Å². The van der Waals surface area contributed by atoms with Crippen molar-refractivity contribution in [2.24, 2.45) is 11.8 Å². The summed E-state index contributed by atoms with van der Waals surface area (Å²) < 4.78 is 7.77. The number of fused-ring (bicyclic) bond motifs is 5. The molecule has 1 aliphatic heterocycles. The summed E-state index contributed by atoms with van der Waals surface area (Å²) in [6, 6.07) is 7.53. The van der Waals surface area contributed by atoms with Crippen LogP contribution in [0.2, 0.25) is 0 Å². The minimum atomic E-state index is -0.719. The molecule has 2 N–H and O–H groups in total. The average molecular weight is 512 g/mol. The van der Waals surface area contributed by atoms with Gasteiger partial charge in [-0.3, -0.25) is 14.4 Å². The summed E-state index contributed by atoms with van der Waals surface area (Å²) in [7, 11) is 0. The van der Waals surface area contributed by atoms with Gasteiger partial charge in [0.05, 0.1) is 6.42 Å². The number of esters is 1. The van der Waals surface area contributed by atoms with E-state index in [4.69, 9.17) is 4.74 Å². The van der Waals surface area contributed by atoms with E-state index in [1.54, 1.807) is 0 Å². The van der Waals surface area contributed by atoms with Crippen LogP contribution in [-0.4, -0.2) is 40.5 Å². The molecule has 1 aromatic carbocycles. The maximum Gasteiger partial charge on any atom is 0.307 e. The highest BCUT2D eigenvalue weighted by Gasteiger charge is 2.30. The topological polar surface area (TPSA) is 89.4 Å². The van der Waals surface area contributed by atoms with Gasteiger partial charge in [-0.15, -0.1) is 0 Å². The number of carbonyl (C=O) groups is 3. The lowest BCUT2D eigenvalue weighted by Crippen LogP contribution is -2.50. The lowest BCUT2D eigenvalue weighted by Gasteiger charge is -2.25. The summed E-state index contributed by atoms with van der Waals surface area (Å²) in [4.78, 5) is 39.4. The number of carbonyl (C=O) groups excluding carboxylic acids is 3. The van der Waals surface area contributed by atoms with Crippen LogP contribution in [0.25, 0.3) is 10.9 Å². The second-order valence-electron chi connectivity index (χ2n) is 11.8. The molecule has 3 rings (SSSR count). The standard InChI is InChI=1S/C30H45N3O4/c1-21(2)17-22(19-27(34)37-30(3,4)5)28(35)32-25-18-23-20-33(26-14-10-9-13-24(23)26)16-12-8-6-7-11-15-31-29(25)36/h9-10,13-14,20-22,25H,6-8,11-12,15-19H2,1-5H3,(H,31,36)(H,32,35)/t22?,25-/m0/s1. The van der Waals surface area contributed by atoms with Gasteiger partial charge in [0.2, 0.25) is 11.8 Å². The lowest BCUT2D eigenvalue weighted by molar-refractivity contribution is -0.157. The molecule has 2 bridgehead atoms. The summed E-state index contributed by atoms with van der Waals surface area (Å²) in [6.07, 6.45) is 8.49. The van der Waals surface area contributed by atoms with Crippen LogP contribution >= 0.6 is 0 Å². The molecule has 0 saturated heterocycles. The van der Waals surface area contributed by atoms with E-state index in [0.29, 0.717) is 19.4 Å². The Morgan fingerprint density at radius 3 is 2.54 bits per heavy atom. The first kappa shape index (κ1) is 28.7. The van der Waals surface area contributed by atoms with E-state index < -0.39 is 23.5 Å². The number of ether oxygens (including phenoxy) is 1. The number of aromatic nitrogens is 1. The van der Waals surface area contributed by atoms with Crippen LogP contribution in [0.4, 0.5) is 0 Å². The van der Waals surface area contributed by atoms with Gasteiger partial charge < -0.3 is 19.9 Å². The molecule has 37 heavy (non-hydrogen) atoms. The molecule has 1 unspecified atom stereocenters.